The van der Waals surface area contributed by atoms with Crippen molar-refractivity contribution in [3.8, 4) is 0 Å². The quantitative estimate of drug-likeness (QED) is 0.121. The van der Waals surface area contributed by atoms with Crippen LogP contribution in [0.3, 0.4) is 0 Å². The summed E-state index contributed by atoms with van der Waals surface area (Å²) in [5.41, 5.74) is 0. The third-order valence-corrected chi connectivity index (χ3v) is 11.0. The van der Waals surface area contributed by atoms with Crippen molar-refractivity contribution in [2.75, 3.05) is 0 Å². The summed E-state index contributed by atoms with van der Waals surface area (Å²) >= 11 is 0. The van der Waals surface area contributed by atoms with Crippen LogP contribution in [0.15, 0.2) is 182 Å². The van der Waals surface area contributed by atoms with Gasteiger partial charge in [0.15, 0.2) is 0 Å². The molecule has 0 amide bonds. The fourth-order valence-electron chi connectivity index (χ4n) is 4.36. The summed E-state index contributed by atoms with van der Waals surface area (Å²) in [6.45, 7) is 0. The summed E-state index contributed by atoms with van der Waals surface area (Å²) < 4.78 is 0. The van der Waals surface area contributed by atoms with Crippen LogP contribution < -0.4 is 31.8 Å². The third-order valence-electron chi connectivity index (χ3n) is 6.09. The zero-order chi connectivity index (χ0) is 29.4. The van der Waals surface area contributed by atoms with Crippen molar-refractivity contribution >= 4 is 78.3 Å². The number of benzene rings is 6. The molecule has 0 bridgehead atoms. The average molecular weight is 690 g/mol. The van der Waals surface area contributed by atoms with Crippen molar-refractivity contribution in [2.45, 2.75) is 0 Å². The minimum atomic E-state index is -1.04. The first-order valence-corrected chi connectivity index (χ1v) is 19.9. The monoisotopic (exact) mass is 687 g/mol. The molecule has 0 spiro atoms. The van der Waals surface area contributed by atoms with Crippen molar-refractivity contribution in [3.63, 3.8) is 0 Å². The summed E-state index contributed by atoms with van der Waals surface area (Å²) in [6, 6.07) is 64.7. The minimum absolute atomic E-state index is 0.446. The van der Waals surface area contributed by atoms with Crippen LogP contribution >= 0.6 is 46.4 Å². The van der Waals surface area contributed by atoms with Gasteiger partial charge in [0.05, 0.1) is 0 Å². The summed E-state index contributed by atoms with van der Waals surface area (Å²) in [5, 5.41) is 8.39. The zero-order valence-corrected chi connectivity index (χ0v) is 27.7. The van der Waals surface area contributed by atoms with Crippen LogP contribution in [0.1, 0.15) is 0 Å². The second kappa shape index (κ2) is 18.3. The molecule has 0 aromatic heterocycles. The summed E-state index contributed by atoms with van der Waals surface area (Å²) in [5.74, 6) is 0. The fourth-order valence-corrected chi connectivity index (χ4v) is 8.97. The molecule has 6 rings (SSSR count). The van der Waals surface area contributed by atoms with Gasteiger partial charge in [0, 0.05) is 0 Å². The van der Waals surface area contributed by atoms with E-state index < -0.39 is 26.6 Å². The van der Waals surface area contributed by atoms with Crippen LogP contribution in [0.2, 0.25) is 0 Å². The van der Waals surface area contributed by atoms with Gasteiger partial charge in [-0.3, -0.25) is 0 Å². The van der Waals surface area contributed by atoms with Crippen LogP contribution in [0.25, 0.3) is 0 Å². The maximum atomic E-state index is 4.85. The molecule has 215 valence electrons. The Balaban J connectivity index is 0.000000171. The first kappa shape index (κ1) is 32.5. The Labute approximate surface area is 269 Å². The summed E-state index contributed by atoms with van der Waals surface area (Å²) in [4.78, 5) is 0. The molecule has 6 aromatic rings. The molecule has 0 aliphatic carbocycles. The summed E-state index contributed by atoms with van der Waals surface area (Å²) in [7, 11) is 12.6. The van der Waals surface area contributed by atoms with Gasteiger partial charge in [0.1, 0.15) is 0 Å². The van der Waals surface area contributed by atoms with E-state index in [1.54, 1.807) is 0 Å². The second-order valence-electron chi connectivity index (χ2n) is 8.82. The molecule has 0 atom stereocenters. The van der Waals surface area contributed by atoms with Gasteiger partial charge in [0.2, 0.25) is 0 Å². The summed E-state index contributed by atoms with van der Waals surface area (Å²) in [6.07, 6.45) is 0. The second-order valence-corrected chi connectivity index (χ2v) is 18.2. The standard InChI is InChI=1S/2C18H15P.3ClH.Ni/c2*1-4-10-16(11-5-1)19(17-12-6-2-7-13-17)18-14-8-3-9-15-18;;;;/h2*1-15H;3*1H;/q;;;;;+3/p-3. The Bertz CT molecular complexity index is 1230. The molecule has 0 aliphatic heterocycles. The molecule has 0 fully saturated rings. The van der Waals surface area contributed by atoms with Gasteiger partial charge in [-0.15, -0.1) is 0 Å². The van der Waals surface area contributed by atoms with E-state index in [1.165, 1.54) is 31.8 Å². The molecule has 0 unspecified atom stereocenters. The van der Waals surface area contributed by atoms with Gasteiger partial charge in [-0.05, 0) is 47.7 Å². The Hall–Kier alpha value is -2.46. The Kier molecular flexibility index (Phi) is 14.1. The van der Waals surface area contributed by atoms with Gasteiger partial charge >= 0.3 is 41.3 Å². The first-order valence-electron chi connectivity index (χ1n) is 13.2. The largest absolute Gasteiger partial charge is 0.0622 e. The molecule has 0 N–H and O–H groups in total. The van der Waals surface area contributed by atoms with E-state index in [2.05, 4.69) is 182 Å². The SMILES string of the molecule is [Cl][Ni]([Cl])[Cl].c1ccc(P(c2ccccc2)c2ccccc2)cc1.c1ccc(P(c2ccccc2)c2ccccc2)cc1. The van der Waals surface area contributed by atoms with E-state index in [1.807, 2.05) is 0 Å². The number of rotatable bonds is 6. The van der Waals surface area contributed by atoms with E-state index in [0.29, 0.717) is 0 Å². The van der Waals surface area contributed by atoms with E-state index in [9.17, 15) is 0 Å². The molecular formula is C36H30Cl3NiP2. The Morgan fingerprint density at radius 2 is 0.381 bits per heavy atom. The predicted molar refractivity (Wildman–Crippen MR) is 188 cm³/mol. The van der Waals surface area contributed by atoms with E-state index in [4.69, 9.17) is 30.6 Å². The van der Waals surface area contributed by atoms with Gasteiger partial charge < -0.3 is 0 Å². The fraction of sp³-hybridized carbons (Fsp3) is 0. The molecule has 0 saturated heterocycles. The van der Waals surface area contributed by atoms with Crippen LogP contribution in [0.5, 0.6) is 0 Å². The van der Waals surface area contributed by atoms with Gasteiger partial charge in [-0.1, -0.05) is 182 Å². The first-order chi connectivity index (χ1) is 20.6. The Morgan fingerprint density at radius 1 is 0.262 bits per heavy atom. The van der Waals surface area contributed by atoms with E-state index in [-0.39, 0.29) is 0 Å². The van der Waals surface area contributed by atoms with Crippen molar-refractivity contribution < 1.29 is 10.7 Å². The van der Waals surface area contributed by atoms with Crippen molar-refractivity contribution in [1.82, 2.24) is 0 Å². The smallest absolute Gasteiger partial charge is 0.0134 e. The maximum absolute atomic E-state index is 4.85. The molecular weight excluding hydrogens is 659 g/mol. The number of hydrogen-bond acceptors (Lipinski definition) is 0. The van der Waals surface area contributed by atoms with Crippen molar-refractivity contribution in [2.24, 2.45) is 0 Å². The molecule has 0 aliphatic rings. The van der Waals surface area contributed by atoms with Gasteiger partial charge in [-0.2, -0.15) is 0 Å². The zero-order valence-electron chi connectivity index (χ0n) is 22.7. The van der Waals surface area contributed by atoms with E-state index >= 15 is 0 Å². The number of hydrogen-bond donors (Lipinski definition) is 0. The molecule has 0 nitrogen and oxygen atoms in total. The molecule has 42 heavy (non-hydrogen) atoms. The predicted octanol–water partition coefficient (Wildman–Crippen LogP) is 8.96. The van der Waals surface area contributed by atoms with Crippen LogP contribution in [0.4, 0.5) is 0 Å². The molecule has 0 heterocycles. The third kappa shape index (κ3) is 10.4. The maximum Gasteiger partial charge on any atom is -0.0134 e. The molecule has 0 saturated carbocycles. The molecule has 6 aromatic carbocycles. The Morgan fingerprint density at radius 3 is 0.500 bits per heavy atom. The average Bonchev–Trinajstić information content (AvgIpc) is 3.05. The van der Waals surface area contributed by atoms with Crippen molar-refractivity contribution in [3.05, 3.63) is 182 Å². The van der Waals surface area contributed by atoms with Crippen LogP contribution in [-0.4, -0.2) is 0 Å². The van der Waals surface area contributed by atoms with E-state index in [0.717, 1.165) is 0 Å². The van der Waals surface area contributed by atoms with Crippen LogP contribution in [-0.2, 0) is 10.7 Å². The topological polar surface area (TPSA) is 0 Å². The molecule has 0 radical (unpaired) electrons. The normalized spacial score (nSPS) is 10.6. The van der Waals surface area contributed by atoms with Crippen molar-refractivity contribution in [1.29, 1.82) is 0 Å². The van der Waals surface area contributed by atoms with Gasteiger partial charge in [0.25, 0.3) is 0 Å². The van der Waals surface area contributed by atoms with Crippen LogP contribution in [0, 0.1) is 0 Å². The number of halogens is 3. The minimum Gasteiger partial charge on any atom is -0.0622 e. The van der Waals surface area contributed by atoms with Gasteiger partial charge in [-0.25, -0.2) is 0 Å². The molecule has 6 heteroatoms.